The first kappa shape index (κ1) is 11.9. The summed E-state index contributed by atoms with van der Waals surface area (Å²) in [5.41, 5.74) is 1.51. The number of allylic oxidation sites excluding steroid dienone is 3. The van der Waals surface area contributed by atoms with Crippen LogP contribution >= 0.6 is 0 Å². The van der Waals surface area contributed by atoms with Crippen molar-refractivity contribution in [3.8, 4) is 0 Å². The lowest BCUT2D eigenvalue weighted by Gasteiger charge is -2.05. The predicted octanol–water partition coefficient (Wildman–Crippen LogP) is -0.531. The summed E-state index contributed by atoms with van der Waals surface area (Å²) in [6.07, 6.45) is 8.99. The van der Waals surface area contributed by atoms with E-state index in [-0.39, 0.29) is 0 Å². The van der Waals surface area contributed by atoms with Crippen molar-refractivity contribution in [1.29, 1.82) is 0 Å². The lowest BCUT2D eigenvalue weighted by atomic mass is 10.2. The number of carbonyl (C=O) groups excluding carboxylic acids is 1. The molecule has 0 amide bonds. The average Bonchev–Trinajstić information content (AvgIpc) is 2.36. The van der Waals surface area contributed by atoms with E-state index >= 15 is 0 Å². The van der Waals surface area contributed by atoms with E-state index in [1.807, 2.05) is 0 Å². The maximum Gasteiger partial charge on any atom is 0.112 e. The molecule has 0 radical (unpaired) electrons. The van der Waals surface area contributed by atoms with E-state index in [0.717, 1.165) is 6.92 Å². The fraction of sp³-hybridized carbons (Fsp3) is 0.500. The molecule has 1 N–H and O–H groups in total. The van der Waals surface area contributed by atoms with Gasteiger partial charge in [0, 0.05) is 18.5 Å². The van der Waals surface area contributed by atoms with Gasteiger partial charge in [0.2, 0.25) is 0 Å². The van der Waals surface area contributed by atoms with E-state index < -0.39 is 5.97 Å². The summed E-state index contributed by atoms with van der Waals surface area (Å²) in [5, 5.41) is 8.89. The van der Waals surface area contributed by atoms with Gasteiger partial charge in [0.05, 0.1) is 13.2 Å². The Morgan fingerprint density at radius 3 is 2.46 bits per heavy atom. The Morgan fingerprint density at radius 2 is 2.15 bits per heavy atom. The Bertz CT molecular complexity index is 215. The molecule has 1 atom stereocenters. The smallest absolute Gasteiger partial charge is 0.112 e. The molecule has 0 aromatic heterocycles. The van der Waals surface area contributed by atoms with Gasteiger partial charge < -0.3 is 9.90 Å². The molecule has 3 nitrogen and oxygen atoms in total. The second kappa shape index (κ2) is 6.43. The van der Waals surface area contributed by atoms with Crippen LogP contribution < -0.4 is 10.0 Å². The third-order valence-electron chi connectivity index (χ3n) is 1.67. The Balaban J connectivity index is 0.000000310. The van der Waals surface area contributed by atoms with E-state index in [1.165, 1.54) is 23.4 Å². The lowest BCUT2D eigenvalue weighted by Crippen LogP contribution is -3.01. The van der Waals surface area contributed by atoms with Crippen molar-refractivity contribution in [1.82, 2.24) is 0 Å². The van der Waals surface area contributed by atoms with Crippen molar-refractivity contribution in [3.63, 3.8) is 0 Å². The largest absolute Gasteiger partial charge is 0.550 e. The van der Waals surface area contributed by atoms with Crippen LogP contribution in [0.4, 0.5) is 0 Å². The summed E-state index contributed by atoms with van der Waals surface area (Å²) in [6.45, 7) is 3.19. The van der Waals surface area contributed by atoms with Gasteiger partial charge in [-0.3, -0.25) is 4.90 Å². The highest BCUT2D eigenvalue weighted by Crippen LogP contribution is 1.99. The van der Waals surface area contributed by atoms with E-state index in [0.29, 0.717) is 0 Å². The molecule has 0 aromatic rings. The Morgan fingerprint density at radius 1 is 1.62 bits per heavy atom. The van der Waals surface area contributed by atoms with Crippen molar-refractivity contribution in [2.45, 2.75) is 26.7 Å². The van der Waals surface area contributed by atoms with Crippen molar-refractivity contribution in [2.75, 3.05) is 7.05 Å². The summed E-state index contributed by atoms with van der Waals surface area (Å²) < 4.78 is 0. The third-order valence-corrected chi connectivity index (χ3v) is 1.67. The molecule has 1 heterocycles. The summed E-state index contributed by atoms with van der Waals surface area (Å²) in [6, 6.07) is 0. The van der Waals surface area contributed by atoms with Crippen LogP contribution in [-0.4, -0.2) is 13.0 Å². The fourth-order valence-electron chi connectivity index (χ4n) is 1.10. The van der Waals surface area contributed by atoms with Crippen LogP contribution in [0.2, 0.25) is 0 Å². The zero-order valence-electron chi connectivity index (χ0n) is 8.46. The maximum absolute atomic E-state index is 8.89. The fourth-order valence-corrected chi connectivity index (χ4v) is 1.10. The number of carboxylic acids is 1. The summed E-state index contributed by atoms with van der Waals surface area (Å²) >= 11 is 0. The number of nitrogens with one attached hydrogen (secondary N) is 1. The molecule has 1 rings (SSSR count). The Kier molecular flexibility index (Phi) is 5.89. The summed E-state index contributed by atoms with van der Waals surface area (Å²) in [5.74, 6) is -1.08. The van der Waals surface area contributed by atoms with Gasteiger partial charge in [-0.25, -0.2) is 0 Å². The molecule has 0 saturated carbocycles. The SMILES string of the molecule is CC(=O)[O-].CCCC1=CC=C[NH+]1C. The summed E-state index contributed by atoms with van der Waals surface area (Å²) in [7, 11) is 2.17. The normalized spacial score (nSPS) is 19.0. The molecular weight excluding hydrogens is 166 g/mol. The minimum absolute atomic E-state index is 0.972. The Hall–Kier alpha value is -1.09. The van der Waals surface area contributed by atoms with Crippen LogP contribution in [0, 0.1) is 0 Å². The van der Waals surface area contributed by atoms with Crippen molar-refractivity contribution >= 4 is 5.97 Å². The monoisotopic (exact) mass is 183 g/mol. The second-order valence-electron chi connectivity index (χ2n) is 2.98. The molecule has 1 unspecified atom stereocenters. The Labute approximate surface area is 79.4 Å². The molecule has 0 spiro atoms. The lowest BCUT2D eigenvalue weighted by molar-refractivity contribution is -0.780. The number of carbonyl (C=O) groups is 1. The highest BCUT2D eigenvalue weighted by molar-refractivity contribution is 5.60. The zero-order valence-corrected chi connectivity index (χ0v) is 8.46. The molecule has 1 aliphatic heterocycles. The van der Waals surface area contributed by atoms with E-state index in [1.54, 1.807) is 0 Å². The van der Waals surface area contributed by atoms with Crippen LogP contribution in [0.3, 0.4) is 0 Å². The molecule has 0 saturated heterocycles. The van der Waals surface area contributed by atoms with Gasteiger partial charge in [0.15, 0.2) is 0 Å². The van der Waals surface area contributed by atoms with Gasteiger partial charge in [0.25, 0.3) is 0 Å². The van der Waals surface area contributed by atoms with E-state index in [9.17, 15) is 0 Å². The third kappa shape index (κ3) is 6.11. The number of quaternary nitrogens is 1. The average molecular weight is 183 g/mol. The summed E-state index contributed by atoms with van der Waals surface area (Å²) in [4.78, 5) is 10.3. The van der Waals surface area contributed by atoms with Crippen LogP contribution in [0.5, 0.6) is 0 Å². The molecule has 0 bridgehead atoms. The van der Waals surface area contributed by atoms with Gasteiger partial charge in [-0.1, -0.05) is 6.92 Å². The molecule has 13 heavy (non-hydrogen) atoms. The first-order valence-corrected chi connectivity index (χ1v) is 4.46. The van der Waals surface area contributed by atoms with E-state index in [4.69, 9.17) is 9.90 Å². The molecular formula is C10H17NO2. The standard InChI is InChI=1S/C8H13N.C2H4O2/c1-3-5-8-6-4-7-9(8)2;1-2(3)4/h4,6-7H,3,5H2,1-2H3;1H3,(H,3,4). The molecule has 1 aliphatic rings. The van der Waals surface area contributed by atoms with Crippen molar-refractivity contribution in [2.24, 2.45) is 0 Å². The van der Waals surface area contributed by atoms with Gasteiger partial charge in [-0.2, -0.15) is 0 Å². The minimum atomic E-state index is -1.08. The van der Waals surface area contributed by atoms with Gasteiger partial charge in [0.1, 0.15) is 5.70 Å². The van der Waals surface area contributed by atoms with Crippen LogP contribution in [0.25, 0.3) is 0 Å². The van der Waals surface area contributed by atoms with Gasteiger partial charge in [-0.15, -0.1) is 0 Å². The number of hydrogen-bond donors (Lipinski definition) is 1. The van der Waals surface area contributed by atoms with Crippen molar-refractivity contribution < 1.29 is 14.8 Å². The molecule has 74 valence electrons. The highest BCUT2D eigenvalue weighted by atomic mass is 16.4. The van der Waals surface area contributed by atoms with Gasteiger partial charge in [-0.05, 0) is 19.4 Å². The van der Waals surface area contributed by atoms with Crippen LogP contribution in [0.1, 0.15) is 26.7 Å². The zero-order chi connectivity index (χ0) is 10.3. The molecule has 0 aliphatic carbocycles. The molecule has 0 aromatic carbocycles. The van der Waals surface area contributed by atoms with Crippen LogP contribution in [0.15, 0.2) is 24.0 Å². The number of carboxylic acid groups (broad SMARTS) is 1. The predicted molar refractivity (Wildman–Crippen MR) is 49.7 cm³/mol. The van der Waals surface area contributed by atoms with Crippen molar-refractivity contribution in [3.05, 3.63) is 24.0 Å². The topological polar surface area (TPSA) is 44.6 Å². The molecule has 0 fully saturated rings. The second-order valence-corrected chi connectivity index (χ2v) is 2.98. The first-order valence-electron chi connectivity index (χ1n) is 4.46. The van der Waals surface area contributed by atoms with Crippen LogP contribution in [-0.2, 0) is 4.79 Å². The number of aliphatic carboxylic acids is 1. The minimum Gasteiger partial charge on any atom is -0.550 e. The van der Waals surface area contributed by atoms with E-state index in [2.05, 4.69) is 32.3 Å². The quantitative estimate of drug-likeness (QED) is 0.625. The molecule has 3 heteroatoms. The maximum atomic E-state index is 8.89. The number of rotatable bonds is 2. The highest BCUT2D eigenvalue weighted by Gasteiger charge is 2.08. The number of hydrogen-bond acceptors (Lipinski definition) is 2. The van der Waals surface area contributed by atoms with Gasteiger partial charge >= 0.3 is 0 Å². The first-order chi connectivity index (χ1) is 6.07.